The van der Waals surface area contributed by atoms with Gasteiger partial charge in [0.15, 0.2) is 0 Å². The average Bonchev–Trinajstić information content (AvgIpc) is 2.45. The van der Waals surface area contributed by atoms with Crippen molar-refractivity contribution < 1.29 is 9.53 Å². The van der Waals surface area contributed by atoms with Crippen molar-refractivity contribution in [2.75, 3.05) is 13.2 Å². The molecule has 1 amide bonds. The summed E-state index contributed by atoms with van der Waals surface area (Å²) in [7, 11) is 0. The summed E-state index contributed by atoms with van der Waals surface area (Å²) in [4.78, 5) is 15.2. The molecule has 1 aliphatic rings. The number of rotatable bonds is 5. The number of hydrogen-bond acceptors (Lipinski definition) is 4. The van der Waals surface area contributed by atoms with Gasteiger partial charge in [0, 0.05) is 17.8 Å². The van der Waals surface area contributed by atoms with Crippen molar-refractivity contribution in [1.29, 1.82) is 0 Å². The Balaban J connectivity index is 1.94. The second-order valence-corrected chi connectivity index (χ2v) is 5.10. The van der Waals surface area contributed by atoms with E-state index in [0.717, 1.165) is 6.42 Å². The van der Waals surface area contributed by atoms with E-state index in [4.69, 9.17) is 16.2 Å². The van der Waals surface area contributed by atoms with Crippen LogP contribution in [0.3, 0.4) is 0 Å². The summed E-state index contributed by atoms with van der Waals surface area (Å²) in [5.74, 6) is 1.01. The van der Waals surface area contributed by atoms with Crippen LogP contribution in [0.2, 0.25) is 0 Å². The molecule has 0 saturated heterocycles. The molecule has 1 heterocycles. The van der Waals surface area contributed by atoms with Crippen molar-refractivity contribution in [3.63, 3.8) is 0 Å². The molecule has 104 valence electrons. The lowest BCUT2D eigenvalue weighted by Crippen LogP contribution is -2.30. The van der Waals surface area contributed by atoms with Crippen LogP contribution in [-0.2, 0) is 0 Å². The maximum Gasteiger partial charge on any atom is 0.248 e. The standard InChI is InChI=1S/C14H21N3O2/c15-8-11-3-1-2-4-12(11)9-19-13-7-10(14(16)18)5-6-17-13/h5-7,11-12H,1-4,8-9,15H2,(H2,16,18). The van der Waals surface area contributed by atoms with Gasteiger partial charge in [-0.2, -0.15) is 0 Å². The number of carbonyl (C=O) groups excluding carboxylic acids is 1. The molecule has 0 bridgehead atoms. The van der Waals surface area contributed by atoms with E-state index in [9.17, 15) is 4.79 Å². The SMILES string of the molecule is NCC1CCCCC1COc1cc(C(N)=O)ccn1. The van der Waals surface area contributed by atoms with Crippen molar-refractivity contribution >= 4 is 5.91 Å². The van der Waals surface area contributed by atoms with E-state index in [1.54, 1.807) is 12.1 Å². The molecule has 1 aromatic rings. The first kappa shape index (κ1) is 13.8. The Morgan fingerprint density at radius 3 is 2.79 bits per heavy atom. The van der Waals surface area contributed by atoms with Crippen molar-refractivity contribution in [1.82, 2.24) is 4.98 Å². The van der Waals surface area contributed by atoms with E-state index >= 15 is 0 Å². The van der Waals surface area contributed by atoms with Gasteiger partial charge in [0.1, 0.15) is 0 Å². The summed E-state index contributed by atoms with van der Waals surface area (Å²) < 4.78 is 5.69. The third kappa shape index (κ3) is 3.67. The third-order valence-electron chi connectivity index (χ3n) is 3.83. The number of amides is 1. The second kappa shape index (κ2) is 6.52. The maximum absolute atomic E-state index is 11.1. The van der Waals surface area contributed by atoms with E-state index in [1.165, 1.54) is 25.5 Å². The fourth-order valence-corrected chi connectivity index (χ4v) is 2.65. The van der Waals surface area contributed by atoms with Crippen LogP contribution in [-0.4, -0.2) is 24.0 Å². The van der Waals surface area contributed by atoms with Gasteiger partial charge in [-0.1, -0.05) is 12.8 Å². The molecule has 1 fully saturated rings. The van der Waals surface area contributed by atoms with Gasteiger partial charge in [-0.3, -0.25) is 4.79 Å². The molecule has 1 saturated carbocycles. The highest BCUT2D eigenvalue weighted by atomic mass is 16.5. The monoisotopic (exact) mass is 263 g/mol. The molecule has 1 aliphatic carbocycles. The van der Waals surface area contributed by atoms with Crippen molar-refractivity contribution in [3.05, 3.63) is 23.9 Å². The first-order valence-corrected chi connectivity index (χ1v) is 6.79. The molecule has 2 atom stereocenters. The minimum Gasteiger partial charge on any atom is -0.477 e. The zero-order valence-electron chi connectivity index (χ0n) is 11.0. The largest absolute Gasteiger partial charge is 0.477 e. The summed E-state index contributed by atoms with van der Waals surface area (Å²) in [6, 6.07) is 3.17. The van der Waals surface area contributed by atoms with E-state index < -0.39 is 5.91 Å². The van der Waals surface area contributed by atoms with Crippen LogP contribution in [0.4, 0.5) is 0 Å². The van der Waals surface area contributed by atoms with Gasteiger partial charge >= 0.3 is 0 Å². The zero-order valence-corrected chi connectivity index (χ0v) is 11.0. The Morgan fingerprint density at radius 2 is 2.11 bits per heavy atom. The minimum absolute atomic E-state index is 0.420. The number of aromatic nitrogens is 1. The molecular weight excluding hydrogens is 242 g/mol. The number of nitrogens with two attached hydrogens (primary N) is 2. The first-order valence-electron chi connectivity index (χ1n) is 6.79. The van der Waals surface area contributed by atoms with E-state index in [1.807, 2.05) is 0 Å². The summed E-state index contributed by atoms with van der Waals surface area (Å²) in [6.07, 6.45) is 6.36. The molecule has 0 radical (unpaired) electrons. The maximum atomic E-state index is 11.1. The Bertz CT molecular complexity index is 436. The number of primary amides is 1. The van der Waals surface area contributed by atoms with Crippen LogP contribution in [0.5, 0.6) is 5.88 Å². The molecule has 2 unspecified atom stereocenters. The van der Waals surface area contributed by atoms with Gasteiger partial charge in [0.25, 0.3) is 0 Å². The third-order valence-corrected chi connectivity index (χ3v) is 3.83. The number of carbonyl (C=O) groups is 1. The van der Waals surface area contributed by atoms with Gasteiger partial charge in [-0.05, 0) is 37.3 Å². The Hall–Kier alpha value is -1.62. The topological polar surface area (TPSA) is 91.2 Å². The predicted molar refractivity (Wildman–Crippen MR) is 72.8 cm³/mol. The van der Waals surface area contributed by atoms with Gasteiger partial charge in [-0.25, -0.2) is 4.98 Å². The van der Waals surface area contributed by atoms with Crippen molar-refractivity contribution in [2.24, 2.45) is 23.3 Å². The molecule has 5 heteroatoms. The zero-order chi connectivity index (χ0) is 13.7. The highest BCUT2D eigenvalue weighted by molar-refractivity contribution is 5.92. The summed E-state index contributed by atoms with van der Waals surface area (Å²) >= 11 is 0. The average molecular weight is 263 g/mol. The number of pyridine rings is 1. The van der Waals surface area contributed by atoms with Crippen LogP contribution < -0.4 is 16.2 Å². The molecular formula is C14H21N3O2. The van der Waals surface area contributed by atoms with E-state index in [-0.39, 0.29) is 0 Å². The number of nitrogens with zero attached hydrogens (tertiary/aromatic N) is 1. The fraction of sp³-hybridized carbons (Fsp3) is 0.571. The van der Waals surface area contributed by atoms with Gasteiger partial charge < -0.3 is 16.2 Å². The molecule has 1 aromatic heterocycles. The first-order chi connectivity index (χ1) is 9.20. The quantitative estimate of drug-likeness (QED) is 0.838. The summed E-state index contributed by atoms with van der Waals surface area (Å²) in [5.41, 5.74) is 11.4. The predicted octanol–water partition coefficient (Wildman–Crippen LogP) is 1.32. The van der Waals surface area contributed by atoms with Crippen LogP contribution in [0, 0.1) is 11.8 Å². The molecule has 19 heavy (non-hydrogen) atoms. The summed E-state index contributed by atoms with van der Waals surface area (Å²) in [6.45, 7) is 1.32. The Morgan fingerprint density at radius 1 is 1.37 bits per heavy atom. The van der Waals surface area contributed by atoms with Crippen LogP contribution >= 0.6 is 0 Å². The van der Waals surface area contributed by atoms with Gasteiger partial charge in [0.2, 0.25) is 11.8 Å². The normalized spacial score (nSPS) is 23.0. The smallest absolute Gasteiger partial charge is 0.248 e. The van der Waals surface area contributed by atoms with Crippen LogP contribution in [0.25, 0.3) is 0 Å². The van der Waals surface area contributed by atoms with E-state index in [2.05, 4.69) is 4.98 Å². The van der Waals surface area contributed by atoms with Crippen molar-refractivity contribution in [2.45, 2.75) is 25.7 Å². The molecule has 0 spiro atoms. The lowest BCUT2D eigenvalue weighted by Gasteiger charge is -2.30. The molecule has 0 aliphatic heterocycles. The Kier molecular flexibility index (Phi) is 4.74. The van der Waals surface area contributed by atoms with Gasteiger partial charge in [0.05, 0.1) is 6.61 Å². The number of ether oxygens (including phenoxy) is 1. The van der Waals surface area contributed by atoms with Crippen molar-refractivity contribution in [3.8, 4) is 5.88 Å². The molecule has 2 rings (SSSR count). The Labute approximate surface area is 113 Å². The molecule has 0 aromatic carbocycles. The summed E-state index contributed by atoms with van der Waals surface area (Å²) in [5, 5.41) is 0. The van der Waals surface area contributed by atoms with Crippen LogP contribution in [0.1, 0.15) is 36.0 Å². The molecule has 4 N–H and O–H groups in total. The minimum atomic E-state index is -0.468. The highest BCUT2D eigenvalue weighted by Crippen LogP contribution is 2.29. The highest BCUT2D eigenvalue weighted by Gasteiger charge is 2.24. The van der Waals surface area contributed by atoms with Gasteiger partial charge in [-0.15, -0.1) is 0 Å². The van der Waals surface area contributed by atoms with Crippen LogP contribution in [0.15, 0.2) is 18.3 Å². The molecule has 5 nitrogen and oxygen atoms in total. The second-order valence-electron chi connectivity index (χ2n) is 5.10. The number of hydrogen-bond donors (Lipinski definition) is 2. The lowest BCUT2D eigenvalue weighted by molar-refractivity contribution is 0.0999. The lowest BCUT2D eigenvalue weighted by atomic mass is 9.80. The fourth-order valence-electron chi connectivity index (χ4n) is 2.65. The van der Waals surface area contributed by atoms with E-state index in [0.29, 0.717) is 36.4 Å².